The first-order valence-corrected chi connectivity index (χ1v) is 8.85. The van der Waals surface area contributed by atoms with E-state index in [0.717, 1.165) is 6.54 Å². The summed E-state index contributed by atoms with van der Waals surface area (Å²) >= 11 is 12.2. The van der Waals surface area contributed by atoms with Gasteiger partial charge in [0.05, 0.1) is 5.02 Å². The number of nitrogens with zero attached hydrogens (tertiary/aromatic N) is 1. The molecule has 21 heavy (non-hydrogen) atoms. The number of halogens is 2. The Morgan fingerprint density at radius 1 is 1.24 bits per heavy atom. The maximum Gasteiger partial charge on any atom is 0.242 e. The van der Waals surface area contributed by atoms with Crippen LogP contribution in [0, 0.1) is 0 Å². The molecule has 5 nitrogen and oxygen atoms in total. The first-order valence-electron chi connectivity index (χ1n) is 6.61. The molecule has 0 spiro atoms. The second-order valence-electron chi connectivity index (χ2n) is 4.86. The Morgan fingerprint density at radius 2 is 1.90 bits per heavy atom. The average Bonchev–Trinajstić information content (AvgIpc) is 2.38. The van der Waals surface area contributed by atoms with Gasteiger partial charge in [0.25, 0.3) is 0 Å². The molecule has 1 aromatic rings. The molecule has 0 aliphatic heterocycles. The van der Waals surface area contributed by atoms with E-state index in [4.69, 9.17) is 23.2 Å². The van der Waals surface area contributed by atoms with E-state index >= 15 is 0 Å². The van der Waals surface area contributed by atoms with Crippen LogP contribution < -0.4 is 10.0 Å². The van der Waals surface area contributed by atoms with E-state index in [1.807, 2.05) is 25.9 Å². The highest BCUT2D eigenvalue weighted by molar-refractivity contribution is 7.89. The largest absolute Gasteiger partial charge is 0.313 e. The summed E-state index contributed by atoms with van der Waals surface area (Å²) in [6, 6.07) is 3.04. The number of rotatable bonds is 8. The predicted molar refractivity (Wildman–Crippen MR) is 87.6 cm³/mol. The quantitative estimate of drug-likeness (QED) is 0.749. The number of nitrogens with one attached hydrogen (secondary N) is 2. The van der Waals surface area contributed by atoms with Crippen LogP contribution in [0.5, 0.6) is 0 Å². The number of sulfonamides is 1. The van der Waals surface area contributed by atoms with Crippen LogP contribution in [0.1, 0.15) is 12.5 Å². The average molecular weight is 354 g/mol. The summed E-state index contributed by atoms with van der Waals surface area (Å²) < 4.78 is 27.2. The summed E-state index contributed by atoms with van der Waals surface area (Å²) in [4.78, 5) is 1.90. The van der Waals surface area contributed by atoms with Crippen molar-refractivity contribution < 1.29 is 8.42 Å². The zero-order valence-corrected chi connectivity index (χ0v) is 14.7. The van der Waals surface area contributed by atoms with Gasteiger partial charge >= 0.3 is 0 Å². The smallest absolute Gasteiger partial charge is 0.242 e. The fraction of sp³-hybridized carbons (Fsp3) is 0.538. The summed E-state index contributed by atoms with van der Waals surface area (Å²) in [5, 5.41) is 3.66. The minimum Gasteiger partial charge on any atom is -0.313 e. The summed E-state index contributed by atoms with van der Waals surface area (Å²) in [5.41, 5.74) is 0.666. The van der Waals surface area contributed by atoms with Crippen molar-refractivity contribution in [1.29, 1.82) is 0 Å². The molecular weight excluding hydrogens is 333 g/mol. The molecule has 0 radical (unpaired) electrons. The van der Waals surface area contributed by atoms with Gasteiger partial charge in [-0.1, -0.05) is 30.1 Å². The monoisotopic (exact) mass is 353 g/mol. The molecule has 0 aliphatic rings. The van der Waals surface area contributed by atoms with Crippen molar-refractivity contribution in [1.82, 2.24) is 14.9 Å². The van der Waals surface area contributed by atoms with E-state index in [0.29, 0.717) is 30.2 Å². The Morgan fingerprint density at radius 3 is 2.48 bits per heavy atom. The molecule has 1 aromatic carbocycles. The number of hydrogen-bond donors (Lipinski definition) is 2. The maximum atomic E-state index is 12.3. The van der Waals surface area contributed by atoms with Crippen LogP contribution >= 0.6 is 23.2 Å². The Kier molecular flexibility index (Phi) is 7.39. The van der Waals surface area contributed by atoms with Crippen molar-refractivity contribution in [2.75, 3.05) is 33.7 Å². The van der Waals surface area contributed by atoms with Gasteiger partial charge in [0.15, 0.2) is 0 Å². The highest BCUT2D eigenvalue weighted by Crippen LogP contribution is 2.29. The van der Waals surface area contributed by atoms with Gasteiger partial charge in [0.1, 0.15) is 4.90 Å². The van der Waals surface area contributed by atoms with Gasteiger partial charge in [-0.25, -0.2) is 13.1 Å². The molecule has 0 aromatic heterocycles. The van der Waals surface area contributed by atoms with Crippen molar-refractivity contribution in [3.63, 3.8) is 0 Å². The topological polar surface area (TPSA) is 61.4 Å². The van der Waals surface area contributed by atoms with Crippen molar-refractivity contribution in [2.45, 2.75) is 18.4 Å². The van der Waals surface area contributed by atoms with Crippen LogP contribution in [0.15, 0.2) is 17.0 Å². The van der Waals surface area contributed by atoms with E-state index in [1.165, 1.54) is 6.07 Å². The minimum atomic E-state index is -3.68. The van der Waals surface area contributed by atoms with Crippen LogP contribution in [-0.2, 0) is 16.6 Å². The molecule has 0 amide bonds. The van der Waals surface area contributed by atoms with Crippen LogP contribution in [0.4, 0.5) is 0 Å². The predicted octanol–water partition coefficient (Wildman–Crippen LogP) is 1.94. The molecule has 8 heteroatoms. The van der Waals surface area contributed by atoms with E-state index < -0.39 is 10.0 Å². The van der Waals surface area contributed by atoms with Gasteiger partial charge in [-0.05, 0) is 38.3 Å². The van der Waals surface area contributed by atoms with Crippen molar-refractivity contribution in [2.24, 2.45) is 0 Å². The Balaban J connectivity index is 3.02. The SMILES string of the molecule is CCNCc1cc(Cl)cc(S(=O)(=O)NCCN(C)C)c1Cl. The van der Waals surface area contributed by atoms with Crippen LogP contribution in [0.25, 0.3) is 0 Å². The van der Waals surface area contributed by atoms with Gasteiger partial charge in [-0.15, -0.1) is 0 Å². The zero-order chi connectivity index (χ0) is 16.0. The second kappa shape index (κ2) is 8.31. The lowest BCUT2D eigenvalue weighted by Crippen LogP contribution is -2.31. The molecule has 0 unspecified atom stereocenters. The zero-order valence-electron chi connectivity index (χ0n) is 12.4. The molecule has 2 N–H and O–H groups in total. The molecule has 0 fully saturated rings. The lowest BCUT2D eigenvalue weighted by molar-refractivity contribution is 0.412. The lowest BCUT2D eigenvalue weighted by atomic mass is 10.2. The second-order valence-corrected chi connectivity index (χ2v) is 7.41. The van der Waals surface area contributed by atoms with Gasteiger partial charge < -0.3 is 10.2 Å². The Bertz CT molecular complexity index is 577. The number of likely N-dealkylation sites (N-methyl/N-ethyl adjacent to an activating group) is 1. The summed E-state index contributed by atoms with van der Waals surface area (Å²) in [6.45, 7) is 4.09. The molecule has 0 saturated carbocycles. The van der Waals surface area contributed by atoms with Crippen molar-refractivity contribution in [3.8, 4) is 0 Å². The first kappa shape index (κ1) is 18.7. The Hall–Kier alpha value is -0.370. The minimum absolute atomic E-state index is 0.0170. The van der Waals surface area contributed by atoms with Gasteiger partial charge in [0.2, 0.25) is 10.0 Å². The van der Waals surface area contributed by atoms with E-state index in [9.17, 15) is 8.42 Å². The summed E-state index contributed by atoms with van der Waals surface area (Å²) in [7, 11) is 0.0630. The third kappa shape index (κ3) is 5.73. The molecule has 0 saturated heterocycles. The fourth-order valence-electron chi connectivity index (χ4n) is 1.68. The standard InChI is InChI=1S/C13H21Cl2N3O2S/c1-4-16-9-10-7-11(14)8-12(13(10)15)21(19,20)17-5-6-18(2)3/h7-8,16-17H,4-6,9H2,1-3H3. The van der Waals surface area contributed by atoms with E-state index in [-0.39, 0.29) is 9.92 Å². The molecule has 0 atom stereocenters. The highest BCUT2D eigenvalue weighted by atomic mass is 35.5. The summed E-state index contributed by atoms with van der Waals surface area (Å²) in [6.07, 6.45) is 0. The first-order chi connectivity index (χ1) is 9.77. The fourth-order valence-corrected chi connectivity index (χ4v) is 3.63. The van der Waals surface area contributed by atoms with Gasteiger partial charge in [-0.3, -0.25) is 0 Å². The van der Waals surface area contributed by atoms with Crippen LogP contribution in [0.2, 0.25) is 10.0 Å². The Labute approximate surface area is 136 Å². The molecule has 0 aliphatic carbocycles. The normalized spacial score (nSPS) is 12.1. The van der Waals surface area contributed by atoms with Crippen molar-refractivity contribution >= 4 is 33.2 Å². The van der Waals surface area contributed by atoms with E-state index in [2.05, 4.69) is 10.0 Å². The molecule has 1 rings (SSSR count). The molecule has 0 bridgehead atoms. The van der Waals surface area contributed by atoms with E-state index in [1.54, 1.807) is 6.07 Å². The van der Waals surface area contributed by atoms with Gasteiger partial charge in [0, 0.05) is 24.7 Å². The third-order valence-electron chi connectivity index (χ3n) is 2.79. The summed E-state index contributed by atoms with van der Waals surface area (Å²) in [5.74, 6) is 0. The van der Waals surface area contributed by atoms with Crippen LogP contribution in [-0.4, -0.2) is 47.0 Å². The van der Waals surface area contributed by atoms with Gasteiger partial charge in [-0.2, -0.15) is 0 Å². The maximum absolute atomic E-state index is 12.3. The van der Waals surface area contributed by atoms with Crippen molar-refractivity contribution in [3.05, 3.63) is 27.7 Å². The molecule has 0 heterocycles. The lowest BCUT2D eigenvalue weighted by Gasteiger charge is -2.14. The highest BCUT2D eigenvalue weighted by Gasteiger charge is 2.20. The van der Waals surface area contributed by atoms with Crippen LogP contribution in [0.3, 0.4) is 0 Å². The third-order valence-corrected chi connectivity index (χ3v) is 5.05. The number of hydrogen-bond acceptors (Lipinski definition) is 4. The number of benzene rings is 1. The molecule has 120 valence electrons. The molecular formula is C13H21Cl2N3O2S.